The van der Waals surface area contributed by atoms with E-state index in [0.717, 1.165) is 24.6 Å². The normalized spacial score (nSPS) is 15.2. The number of rotatable bonds is 3. The molecule has 0 radical (unpaired) electrons. The largest absolute Gasteiger partial charge is 0.378 e. The molecule has 3 rings (SSSR count). The summed E-state index contributed by atoms with van der Waals surface area (Å²) < 4.78 is 5.32. The van der Waals surface area contributed by atoms with Gasteiger partial charge in [0.2, 0.25) is 5.95 Å². The second kappa shape index (κ2) is 6.02. The lowest BCUT2D eigenvalue weighted by Gasteiger charge is -2.27. The molecule has 7 heteroatoms. The van der Waals surface area contributed by atoms with Crippen LogP contribution in [0.4, 0.5) is 17.5 Å². The zero-order chi connectivity index (χ0) is 13.8. The molecule has 0 spiro atoms. The third-order valence-electron chi connectivity index (χ3n) is 2.96. The van der Waals surface area contributed by atoms with Crippen LogP contribution >= 0.6 is 11.6 Å². The highest BCUT2D eigenvalue weighted by Gasteiger charge is 2.13. The van der Waals surface area contributed by atoms with Gasteiger partial charge in [0.1, 0.15) is 0 Å². The molecule has 1 aliphatic heterocycles. The molecule has 0 aliphatic carbocycles. The lowest BCUT2D eigenvalue weighted by molar-refractivity contribution is 0.122. The number of nitrogens with one attached hydrogen (secondary N) is 1. The standard InChI is InChI=1S/C13H14ClN5O/c14-10-2-1-3-11(8-10)16-13-17-12(9-15-18-13)19-4-6-20-7-5-19/h1-3,8-9H,4-7H2,(H,16,17,18). The van der Waals surface area contributed by atoms with Crippen molar-refractivity contribution in [3.8, 4) is 0 Å². The molecule has 1 N–H and O–H groups in total. The van der Waals surface area contributed by atoms with Gasteiger partial charge in [-0.15, -0.1) is 5.10 Å². The molecule has 1 aromatic heterocycles. The predicted octanol–water partition coefficient (Wildman–Crippen LogP) is 2.11. The average Bonchev–Trinajstić information content (AvgIpc) is 2.48. The summed E-state index contributed by atoms with van der Waals surface area (Å²) in [5.41, 5.74) is 0.832. The third kappa shape index (κ3) is 3.15. The van der Waals surface area contributed by atoms with Crippen molar-refractivity contribution in [2.24, 2.45) is 0 Å². The molecular weight excluding hydrogens is 278 g/mol. The van der Waals surface area contributed by atoms with Crippen molar-refractivity contribution in [1.29, 1.82) is 0 Å². The second-order valence-electron chi connectivity index (χ2n) is 4.37. The molecule has 104 valence electrons. The molecule has 1 aliphatic rings. The number of nitrogens with zero attached hydrogens (tertiary/aromatic N) is 4. The molecule has 1 saturated heterocycles. The maximum absolute atomic E-state index is 5.95. The summed E-state index contributed by atoms with van der Waals surface area (Å²) in [6.45, 7) is 3.05. The number of benzene rings is 1. The van der Waals surface area contributed by atoms with E-state index in [1.165, 1.54) is 0 Å². The average molecular weight is 292 g/mol. The van der Waals surface area contributed by atoms with Gasteiger partial charge in [0.05, 0.1) is 19.4 Å². The Kier molecular flexibility index (Phi) is 3.94. The van der Waals surface area contributed by atoms with Crippen molar-refractivity contribution in [2.75, 3.05) is 36.5 Å². The van der Waals surface area contributed by atoms with Crippen LogP contribution in [0.1, 0.15) is 0 Å². The highest BCUT2D eigenvalue weighted by atomic mass is 35.5. The SMILES string of the molecule is Clc1cccc(Nc2nncc(N3CCOCC3)n2)c1. The van der Waals surface area contributed by atoms with Crippen LogP contribution in [-0.2, 0) is 4.74 Å². The van der Waals surface area contributed by atoms with Crippen molar-refractivity contribution < 1.29 is 4.74 Å². The van der Waals surface area contributed by atoms with E-state index >= 15 is 0 Å². The Morgan fingerprint density at radius 1 is 1.25 bits per heavy atom. The molecule has 20 heavy (non-hydrogen) atoms. The van der Waals surface area contributed by atoms with Gasteiger partial charge >= 0.3 is 0 Å². The van der Waals surface area contributed by atoms with Crippen LogP contribution in [-0.4, -0.2) is 41.5 Å². The molecule has 0 amide bonds. The van der Waals surface area contributed by atoms with Gasteiger partial charge in [0.25, 0.3) is 0 Å². The number of hydrogen-bond donors (Lipinski definition) is 1. The van der Waals surface area contributed by atoms with Crippen LogP contribution < -0.4 is 10.2 Å². The summed E-state index contributed by atoms with van der Waals surface area (Å²) in [6, 6.07) is 7.39. The highest BCUT2D eigenvalue weighted by Crippen LogP contribution is 2.19. The predicted molar refractivity (Wildman–Crippen MR) is 77.6 cm³/mol. The van der Waals surface area contributed by atoms with E-state index in [9.17, 15) is 0 Å². The van der Waals surface area contributed by atoms with Gasteiger partial charge in [-0.3, -0.25) is 0 Å². The topological polar surface area (TPSA) is 63.2 Å². The Labute approximate surface area is 121 Å². The van der Waals surface area contributed by atoms with E-state index in [1.807, 2.05) is 24.3 Å². The molecular formula is C13H14ClN5O. The van der Waals surface area contributed by atoms with Crippen LogP contribution in [0.15, 0.2) is 30.5 Å². The smallest absolute Gasteiger partial charge is 0.249 e. The third-order valence-corrected chi connectivity index (χ3v) is 3.20. The summed E-state index contributed by atoms with van der Waals surface area (Å²) in [6.07, 6.45) is 1.66. The Hall–Kier alpha value is -1.92. The minimum absolute atomic E-state index is 0.455. The summed E-state index contributed by atoms with van der Waals surface area (Å²) in [7, 11) is 0. The fraction of sp³-hybridized carbons (Fsp3) is 0.308. The first kappa shape index (κ1) is 13.1. The van der Waals surface area contributed by atoms with Gasteiger partial charge in [-0.2, -0.15) is 10.1 Å². The van der Waals surface area contributed by atoms with Gasteiger partial charge in [-0.05, 0) is 18.2 Å². The Bertz CT molecular complexity index is 588. The van der Waals surface area contributed by atoms with Crippen LogP contribution in [0.25, 0.3) is 0 Å². The summed E-state index contributed by atoms with van der Waals surface area (Å²) >= 11 is 5.95. The number of ether oxygens (including phenoxy) is 1. The van der Waals surface area contributed by atoms with E-state index in [-0.39, 0.29) is 0 Å². The van der Waals surface area contributed by atoms with Gasteiger partial charge in [0, 0.05) is 23.8 Å². The number of morpholine rings is 1. The Morgan fingerprint density at radius 3 is 2.90 bits per heavy atom. The maximum atomic E-state index is 5.95. The number of hydrogen-bond acceptors (Lipinski definition) is 6. The van der Waals surface area contributed by atoms with Crippen molar-refractivity contribution >= 4 is 29.1 Å². The molecule has 0 saturated carbocycles. The maximum Gasteiger partial charge on any atom is 0.249 e. The molecule has 1 fully saturated rings. The van der Waals surface area contributed by atoms with Crippen molar-refractivity contribution in [3.05, 3.63) is 35.5 Å². The van der Waals surface area contributed by atoms with Gasteiger partial charge in [-0.1, -0.05) is 17.7 Å². The van der Waals surface area contributed by atoms with E-state index in [2.05, 4.69) is 25.4 Å². The van der Waals surface area contributed by atoms with Crippen molar-refractivity contribution in [3.63, 3.8) is 0 Å². The van der Waals surface area contributed by atoms with Crippen LogP contribution in [0.3, 0.4) is 0 Å². The van der Waals surface area contributed by atoms with E-state index < -0.39 is 0 Å². The molecule has 0 unspecified atom stereocenters. The molecule has 0 atom stereocenters. The van der Waals surface area contributed by atoms with E-state index in [4.69, 9.17) is 16.3 Å². The first-order valence-corrected chi connectivity index (χ1v) is 6.74. The monoisotopic (exact) mass is 291 g/mol. The zero-order valence-corrected chi connectivity index (χ0v) is 11.5. The first-order valence-electron chi connectivity index (χ1n) is 6.36. The summed E-state index contributed by atoms with van der Waals surface area (Å²) in [5.74, 6) is 1.25. The van der Waals surface area contributed by atoms with Crippen LogP contribution in [0.2, 0.25) is 5.02 Å². The number of halogens is 1. The van der Waals surface area contributed by atoms with Crippen LogP contribution in [0.5, 0.6) is 0 Å². The lowest BCUT2D eigenvalue weighted by Crippen LogP contribution is -2.36. The molecule has 0 bridgehead atoms. The van der Waals surface area contributed by atoms with Gasteiger partial charge in [0.15, 0.2) is 5.82 Å². The summed E-state index contributed by atoms with van der Waals surface area (Å²) in [4.78, 5) is 6.59. The molecule has 6 nitrogen and oxygen atoms in total. The van der Waals surface area contributed by atoms with E-state index in [0.29, 0.717) is 24.2 Å². The van der Waals surface area contributed by atoms with E-state index in [1.54, 1.807) is 6.20 Å². The Morgan fingerprint density at radius 2 is 2.10 bits per heavy atom. The van der Waals surface area contributed by atoms with Crippen LogP contribution in [0, 0.1) is 0 Å². The number of aromatic nitrogens is 3. The highest BCUT2D eigenvalue weighted by molar-refractivity contribution is 6.30. The molecule has 1 aromatic carbocycles. The minimum Gasteiger partial charge on any atom is -0.378 e. The fourth-order valence-corrected chi connectivity index (χ4v) is 2.18. The minimum atomic E-state index is 0.455. The fourth-order valence-electron chi connectivity index (χ4n) is 1.99. The molecule has 2 aromatic rings. The molecule has 2 heterocycles. The quantitative estimate of drug-likeness (QED) is 0.934. The second-order valence-corrected chi connectivity index (χ2v) is 4.81. The number of anilines is 3. The van der Waals surface area contributed by atoms with Crippen molar-refractivity contribution in [2.45, 2.75) is 0 Å². The lowest BCUT2D eigenvalue weighted by atomic mass is 10.3. The Balaban J connectivity index is 1.77. The van der Waals surface area contributed by atoms with Gasteiger partial charge in [-0.25, -0.2) is 0 Å². The van der Waals surface area contributed by atoms with Gasteiger partial charge < -0.3 is 15.0 Å². The summed E-state index contributed by atoms with van der Waals surface area (Å²) in [5, 5.41) is 11.7. The first-order chi connectivity index (χ1) is 9.81. The van der Waals surface area contributed by atoms with Crippen molar-refractivity contribution in [1.82, 2.24) is 15.2 Å². The zero-order valence-electron chi connectivity index (χ0n) is 10.8.